The van der Waals surface area contributed by atoms with E-state index in [-0.39, 0.29) is 0 Å². The zero-order valence-electron chi connectivity index (χ0n) is 18.3. The van der Waals surface area contributed by atoms with Gasteiger partial charge in [0.25, 0.3) is 0 Å². The van der Waals surface area contributed by atoms with Crippen LogP contribution in [0.3, 0.4) is 0 Å². The quantitative estimate of drug-likeness (QED) is 0.430. The molecule has 7 heteroatoms. The van der Waals surface area contributed by atoms with Crippen LogP contribution in [0.4, 0.5) is 17.5 Å². The number of nitriles is 1. The molecule has 0 radical (unpaired) electrons. The van der Waals surface area contributed by atoms with E-state index in [2.05, 4.69) is 37.6 Å². The van der Waals surface area contributed by atoms with Crippen molar-refractivity contribution in [3.8, 4) is 17.2 Å². The van der Waals surface area contributed by atoms with Gasteiger partial charge in [-0.1, -0.05) is 24.3 Å². The highest BCUT2D eigenvalue weighted by Gasteiger charge is 2.11. The Morgan fingerprint density at radius 1 is 0.970 bits per heavy atom. The second-order valence-corrected chi connectivity index (χ2v) is 8.16. The Balaban J connectivity index is 1.35. The number of likely N-dealkylation sites (tertiary alicyclic amines) is 1. The Bertz CT molecular complexity index is 1290. The largest absolute Gasteiger partial charge is 0.369 e. The van der Waals surface area contributed by atoms with Gasteiger partial charge in [-0.15, -0.1) is 0 Å². The number of rotatable bonds is 7. The molecule has 0 aliphatic carbocycles. The third-order valence-electron chi connectivity index (χ3n) is 5.87. The maximum Gasteiger partial charge on any atom is 0.227 e. The lowest BCUT2D eigenvalue weighted by molar-refractivity contribution is 0.352. The summed E-state index contributed by atoms with van der Waals surface area (Å²) in [5, 5.41) is 16.7. The lowest BCUT2D eigenvalue weighted by atomic mass is 10.0. The minimum Gasteiger partial charge on any atom is -0.369 e. The zero-order chi connectivity index (χ0) is 22.5. The van der Waals surface area contributed by atoms with Gasteiger partial charge in [0.2, 0.25) is 5.95 Å². The number of benzene rings is 2. The zero-order valence-corrected chi connectivity index (χ0v) is 18.3. The van der Waals surface area contributed by atoms with Crippen LogP contribution in [0.25, 0.3) is 22.0 Å². The molecule has 0 saturated carbocycles. The third kappa shape index (κ3) is 4.92. The first-order chi connectivity index (χ1) is 16.3. The Labute approximate surface area is 193 Å². The van der Waals surface area contributed by atoms with E-state index in [1.807, 2.05) is 48.8 Å². The van der Waals surface area contributed by atoms with Gasteiger partial charge in [0.1, 0.15) is 5.82 Å². The molecule has 0 bridgehead atoms. The number of para-hydroxylation sites is 1. The molecule has 1 aliphatic heterocycles. The number of anilines is 3. The summed E-state index contributed by atoms with van der Waals surface area (Å²) in [6, 6.07) is 19.6. The van der Waals surface area contributed by atoms with Crippen molar-refractivity contribution in [1.29, 1.82) is 5.26 Å². The van der Waals surface area contributed by atoms with Gasteiger partial charge < -0.3 is 15.5 Å². The predicted octanol–water partition coefficient (Wildman–Crippen LogP) is 4.81. The van der Waals surface area contributed by atoms with Crippen LogP contribution >= 0.6 is 0 Å². The van der Waals surface area contributed by atoms with Crippen LogP contribution in [0.1, 0.15) is 18.4 Å². The SMILES string of the molecule is N#Cc1cccc(Nc2ncc3cccc(-c4ccc(NCCN5CCCC5)nc4)c3n2)c1. The van der Waals surface area contributed by atoms with Crippen LogP contribution in [0.2, 0.25) is 0 Å². The Kier molecular flexibility index (Phi) is 6.09. The molecule has 1 fully saturated rings. The molecule has 4 aromatic rings. The predicted molar refractivity (Wildman–Crippen MR) is 131 cm³/mol. The number of nitrogens with one attached hydrogen (secondary N) is 2. The summed E-state index contributed by atoms with van der Waals surface area (Å²) in [6.45, 7) is 4.36. The number of hydrogen-bond donors (Lipinski definition) is 2. The van der Waals surface area contributed by atoms with Gasteiger partial charge in [0.05, 0.1) is 17.1 Å². The smallest absolute Gasteiger partial charge is 0.227 e. The highest BCUT2D eigenvalue weighted by molar-refractivity contribution is 5.93. The maximum absolute atomic E-state index is 9.13. The number of fused-ring (bicyclic) bond motifs is 1. The molecule has 0 unspecified atom stereocenters. The van der Waals surface area contributed by atoms with E-state index in [1.165, 1.54) is 25.9 Å². The van der Waals surface area contributed by atoms with Gasteiger partial charge in [-0.05, 0) is 56.3 Å². The van der Waals surface area contributed by atoms with E-state index in [0.29, 0.717) is 11.5 Å². The summed E-state index contributed by atoms with van der Waals surface area (Å²) >= 11 is 0. The van der Waals surface area contributed by atoms with E-state index < -0.39 is 0 Å². The van der Waals surface area contributed by atoms with Gasteiger partial charge in [-0.25, -0.2) is 15.0 Å². The number of pyridine rings is 1. The molecule has 0 spiro atoms. The first-order valence-electron chi connectivity index (χ1n) is 11.2. The van der Waals surface area contributed by atoms with E-state index in [9.17, 15) is 0 Å². The summed E-state index contributed by atoms with van der Waals surface area (Å²) in [5.74, 6) is 1.37. The molecule has 0 atom stereocenters. The average Bonchev–Trinajstić information content (AvgIpc) is 3.38. The standard InChI is InChI=1S/C26H25N7/c27-16-19-5-3-7-22(15-19)31-26-30-18-21-6-4-8-23(25(21)32-26)20-9-10-24(29-17-20)28-11-14-33-12-1-2-13-33/h3-10,15,17-18H,1-2,11-14H2,(H,28,29)(H,30,31,32). The number of nitrogens with zero attached hydrogens (tertiary/aromatic N) is 5. The first kappa shape index (κ1) is 20.9. The van der Waals surface area contributed by atoms with Gasteiger partial charge in [0.15, 0.2) is 0 Å². The Morgan fingerprint density at radius 2 is 1.85 bits per heavy atom. The molecule has 1 saturated heterocycles. The fraction of sp³-hybridized carbons (Fsp3) is 0.231. The summed E-state index contributed by atoms with van der Waals surface area (Å²) in [6.07, 6.45) is 6.32. The topological polar surface area (TPSA) is 89.8 Å². The van der Waals surface area contributed by atoms with Crippen LogP contribution in [-0.2, 0) is 0 Å². The molecular weight excluding hydrogens is 410 g/mol. The maximum atomic E-state index is 9.13. The highest BCUT2D eigenvalue weighted by atomic mass is 15.2. The monoisotopic (exact) mass is 435 g/mol. The molecule has 33 heavy (non-hydrogen) atoms. The van der Waals surface area contributed by atoms with Crippen LogP contribution in [0.5, 0.6) is 0 Å². The molecule has 5 rings (SSSR count). The van der Waals surface area contributed by atoms with Gasteiger partial charge in [-0.2, -0.15) is 5.26 Å². The second kappa shape index (κ2) is 9.63. The van der Waals surface area contributed by atoms with Crippen molar-refractivity contribution in [1.82, 2.24) is 19.9 Å². The minimum absolute atomic E-state index is 0.484. The van der Waals surface area contributed by atoms with E-state index in [0.717, 1.165) is 46.6 Å². The summed E-state index contributed by atoms with van der Waals surface area (Å²) < 4.78 is 0. The summed E-state index contributed by atoms with van der Waals surface area (Å²) in [4.78, 5) is 16.3. The molecule has 2 N–H and O–H groups in total. The van der Waals surface area contributed by atoms with Crippen molar-refractivity contribution < 1.29 is 0 Å². The van der Waals surface area contributed by atoms with Crippen molar-refractivity contribution in [2.75, 3.05) is 36.8 Å². The molecule has 3 heterocycles. The molecule has 2 aromatic heterocycles. The van der Waals surface area contributed by atoms with Crippen LogP contribution in [0.15, 0.2) is 67.0 Å². The van der Waals surface area contributed by atoms with Crippen molar-refractivity contribution in [2.24, 2.45) is 0 Å². The summed E-state index contributed by atoms with van der Waals surface area (Å²) in [5.41, 5.74) is 4.21. The normalized spacial score (nSPS) is 13.7. The average molecular weight is 436 g/mol. The van der Waals surface area contributed by atoms with E-state index in [1.54, 1.807) is 12.1 Å². The van der Waals surface area contributed by atoms with Crippen molar-refractivity contribution in [3.05, 3.63) is 72.6 Å². The Morgan fingerprint density at radius 3 is 2.67 bits per heavy atom. The van der Waals surface area contributed by atoms with Gasteiger partial charge in [0, 0.05) is 47.7 Å². The minimum atomic E-state index is 0.484. The molecule has 164 valence electrons. The van der Waals surface area contributed by atoms with Gasteiger partial charge in [-0.3, -0.25) is 0 Å². The fourth-order valence-corrected chi connectivity index (χ4v) is 4.15. The summed E-state index contributed by atoms with van der Waals surface area (Å²) in [7, 11) is 0. The van der Waals surface area contributed by atoms with Crippen molar-refractivity contribution in [2.45, 2.75) is 12.8 Å². The number of aromatic nitrogens is 3. The fourth-order valence-electron chi connectivity index (χ4n) is 4.15. The first-order valence-corrected chi connectivity index (χ1v) is 11.2. The lowest BCUT2D eigenvalue weighted by Crippen LogP contribution is -2.26. The van der Waals surface area contributed by atoms with Crippen LogP contribution < -0.4 is 10.6 Å². The molecule has 1 aliphatic rings. The van der Waals surface area contributed by atoms with E-state index >= 15 is 0 Å². The highest BCUT2D eigenvalue weighted by Crippen LogP contribution is 2.28. The molecule has 0 amide bonds. The Hall–Kier alpha value is -4.02. The van der Waals surface area contributed by atoms with Crippen LogP contribution in [0, 0.1) is 11.3 Å². The second-order valence-electron chi connectivity index (χ2n) is 8.16. The van der Waals surface area contributed by atoms with Gasteiger partial charge >= 0.3 is 0 Å². The van der Waals surface area contributed by atoms with Crippen molar-refractivity contribution in [3.63, 3.8) is 0 Å². The number of hydrogen-bond acceptors (Lipinski definition) is 7. The van der Waals surface area contributed by atoms with Crippen LogP contribution in [-0.4, -0.2) is 46.0 Å². The van der Waals surface area contributed by atoms with E-state index in [4.69, 9.17) is 10.2 Å². The molecular formula is C26H25N7. The lowest BCUT2D eigenvalue weighted by Gasteiger charge is -2.15. The molecule has 7 nitrogen and oxygen atoms in total. The molecule has 2 aromatic carbocycles. The van der Waals surface area contributed by atoms with Crippen molar-refractivity contribution >= 4 is 28.4 Å². The third-order valence-corrected chi connectivity index (χ3v) is 5.87.